The molecule has 0 N–H and O–H groups in total. The van der Waals surface area contributed by atoms with Gasteiger partial charge in [0, 0.05) is 0 Å². The van der Waals surface area contributed by atoms with Gasteiger partial charge in [-0.15, -0.1) is 0 Å². The minimum atomic E-state index is -0.911. The Labute approximate surface area is 151 Å². The predicted molar refractivity (Wildman–Crippen MR) is 96.0 cm³/mol. The van der Waals surface area contributed by atoms with Gasteiger partial charge in [0.25, 0.3) is 0 Å². The van der Waals surface area contributed by atoms with Crippen molar-refractivity contribution >= 4 is 0 Å². The molecule has 0 nitrogen and oxygen atoms in total. The van der Waals surface area contributed by atoms with E-state index in [9.17, 15) is 0 Å². The van der Waals surface area contributed by atoms with E-state index in [1.54, 1.807) is 20.8 Å². The van der Waals surface area contributed by atoms with Crippen molar-refractivity contribution in [2.24, 2.45) is 0 Å². The summed E-state index contributed by atoms with van der Waals surface area (Å²) in [5, 5.41) is 0. The molecule has 0 aromatic heterocycles. The summed E-state index contributed by atoms with van der Waals surface area (Å²) in [6.07, 6.45) is 0. The maximum Gasteiger partial charge on any atom is 0.0636 e. The first-order chi connectivity index (χ1) is 16.0. The second-order valence-corrected chi connectivity index (χ2v) is 5.75. The third kappa shape index (κ3) is 3.12. The molecule has 3 rings (SSSR count). The van der Waals surface area contributed by atoms with Crippen molar-refractivity contribution in [3.8, 4) is 22.3 Å². The fourth-order valence-electron chi connectivity index (χ4n) is 1.84. The van der Waals surface area contributed by atoms with Crippen molar-refractivity contribution in [2.45, 2.75) is 26.2 Å². The van der Waals surface area contributed by atoms with E-state index in [4.69, 9.17) is 17.8 Å². The Morgan fingerprint density at radius 3 is 1.36 bits per heavy atom. The summed E-state index contributed by atoms with van der Waals surface area (Å²) in [6, 6.07) is -8.02. The third-order valence-corrected chi connectivity index (χ3v) is 3.00. The molecule has 0 amide bonds. The zero-order valence-corrected chi connectivity index (χ0v) is 12.5. The topological polar surface area (TPSA) is 0 Å². The lowest BCUT2D eigenvalue weighted by Crippen LogP contribution is -2.11. The SMILES string of the molecule is [2H]c1c([2H])c([2H])c(-c2c([2H])c(-c3c([2H])c([2H])c([2H])c([2H])c3[2H])c([2H])c(C(C)(C)C)c2[2H])c([2H])c1[2H]. The van der Waals surface area contributed by atoms with Crippen LogP contribution < -0.4 is 0 Å². The lowest BCUT2D eigenvalue weighted by molar-refractivity contribution is 0.590. The molecule has 0 atom stereocenters. The monoisotopic (exact) mass is 299 g/mol. The number of hydrogen-bond donors (Lipinski definition) is 0. The molecule has 0 unspecified atom stereocenters. The zero-order chi connectivity index (χ0) is 26.9. The third-order valence-electron chi connectivity index (χ3n) is 3.00. The zero-order valence-electron chi connectivity index (χ0n) is 25.5. The summed E-state index contributed by atoms with van der Waals surface area (Å²) in [7, 11) is 0. The van der Waals surface area contributed by atoms with Crippen molar-refractivity contribution in [3.05, 3.63) is 84.1 Å². The second kappa shape index (κ2) is 5.81. The van der Waals surface area contributed by atoms with Crippen molar-refractivity contribution in [1.29, 1.82) is 0 Å². The average Bonchev–Trinajstić information content (AvgIpc) is 2.77. The Balaban J connectivity index is 2.70. The molecule has 3 aromatic carbocycles. The molecule has 0 aliphatic heterocycles. The normalized spacial score (nSPS) is 19.7. The minimum absolute atomic E-state index is 0.0390. The van der Waals surface area contributed by atoms with Gasteiger partial charge in [-0.3, -0.25) is 0 Å². The van der Waals surface area contributed by atoms with Gasteiger partial charge >= 0.3 is 0 Å². The van der Waals surface area contributed by atoms with E-state index >= 15 is 0 Å². The molecule has 0 spiro atoms. The maximum atomic E-state index is 8.87. The van der Waals surface area contributed by atoms with Gasteiger partial charge in [0.2, 0.25) is 0 Å². The first-order valence-electron chi connectivity index (χ1n) is 13.2. The van der Waals surface area contributed by atoms with Crippen LogP contribution in [-0.2, 0) is 5.41 Å². The van der Waals surface area contributed by atoms with Gasteiger partial charge in [0.05, 0.1) is 17.8 Å². The summed E-state index contributed by atoms with van der Waals surface area (Å²) in [5.41, 5.74) is -2.46. The van der Waals surface area contributed by atoms with Gasteiger partial charge in [-0.05, 0) is 39.3 Å². The molecule has 110 valence electrons. The van der Waals surface area contributed by atoms with E-state index in [-0.39, 0.29) is 16.7 Å². The number of benzene rings is 3. The van der Waals surface area contributed by atoms with Crippen LogP contribution in [0.25, 0.3) is 22.3 Å². The largest absolute Gasteiger partial charge is 0.0636 e. The fourth-order valence-corrected chi connectivity index (χ4v) is 1.84. The highest BCUT2D eigenvalue weighted by atomic mass is 14.2. The van der Waals surface area contributed by atoms with Crippen LogP contribution in [0.1, 0.15) is 44.2 Å². The van der Waals surface area contributed by atoms with Crippen LogP contribution in [0.2, 0.25) is 0 Å². The summed E-state index contributed by atoms with van der Waals surface area (Å²) in [5.74, 6) is 0. The molecule has 0 bridgehead atoms. The minimum Gasteiger partial charge on any atom is -0.0622 e. The quantitative estimate of drug-likeness (QED) is 0.519. The van der Waals surface area contributed by atoms with Gasteiger partial charge in [-0.25, -0.2) is 0 Å². The standard InChI is InChI=1S/C22H22/c1-22(2,3)21-15-19(17-10-6-4-7-11-17)14-20(16-21)18-12-8-5-9-13-18/h4-16H,1-3H3/i4D,5D,6D,7D,8D,9D,10D,11D,12D,13D,14D,15D,16D. The van der Waals surface area contributed by atoms with Crippen LogP contribution in [-0.4, -0.2) is 0 Å². The van der Waals surface area contributed by atoms with E-state index in [1.165, 1.54) is 0 Å². The van der Waals surface area contributed by atoms with Crippen LogP contribution in [0.3, 0.4) is 0 Å². The molecule has 22 heavy (non-hydrogen) atoms. The summed E-state index contributed by atoms with van der Waals surface area (Å²) < 4.78 is 108. The van der Waals surface area contributed by atoms with Crippen LogP contribution in [0, 0.1) is 0 Å². The van der Waals surface area contributed by atoms with Crippen LogP contribution >= 0.6 is 0 Å². The Morgan fingerprint density at radius 1 is 0.591 bits per heavy atom. The van der Waals surface area contributed by atoms with Gasteiger partial charge in [-0.1, -0.05) is 93.3 Å². The molecule has 0 radical (unpaired) electrons. The van der Waals surface area contributed by atoms with E-state index < -0.39 is 95.1 Å². The highest BCUT2D eigenvalue weighted by molar-refractivity contribution is 5.74. The van der Waals surface area contributed by atoms with Gasteiger partial charge in [0.1, 0.15) is 0 Å². The Hall–Kier alpha value is -2.34. The summed E-state index contributed by atoms with van der Waals surface area (Å²) in [4.78, 5) is 0. The lowest BCUT2D eigenvalue weighted by atomic mass is 9.83. The molecule has 0 heterocycles. The molecule has 0 heteroatoms. The van der Waals surface area contributed by atoms with E-state index in [0.29, 0.717) is 0 Å². The van der Waals surface area contributed by atoms with Crippen LogP contribution in [0.5, 0.6) is 0 Å². The molecule has 0 fully saturated rings. The molecule has 0 saturated carbocycles. The lowest BCUT2D eigenvalue weighted by Gasteiger charge is -2.21. The first-order valence-corrected chi connectivity index (χ1v) is 6.75. The second-order valence-electron chi connectivity index (χ2n) is 5.75. The predicted octanol–water partition coefficient (Wildman–Crippen LogP) is 6.32. The Kier molecular flexibility index (Phi) is 1.50. The van der Waals surface area contributed by atoms with E-state index in [0.717, 1.165) is 0 Å². The van der Waals surface area contributed by atoms with Crippen molar-refractivity contribution in [1.82, 2.24) is 0 Å². The van der Waals surface area contributed by atoms with Crippen molar-refractivity contribution in [2.75, 3.05) is 0 Å². The van der Waals surface area contributed by atoms with Crippen LogP contribution in [0.4, 0.5) is 0 Å². The molecule has 0 saturated heterocycles. The average molecular weight is 299 g/mol. The highest BCUT2D eigenvalue weighted by Crippen LogP contribution is 2.33. The smallest absolute Gasteiger partial charge is 0.0622 e. The first kappa shape index (κ1) is 5.70. The maximum absolute atomic E-state index is 8.87. The molecule has 3 aromatic rings. The fraction of sp³-hybridized carbons (Fsp3) is 0.182. The Morgan fingerprint density at radius 2 is 1.00 bits per heavy atom. The number of rotatable bonds is 2. The van der Waals surface area contributed by atoms with Gasteiger partial charge < -0.3 is 0 Å². The molecular weight excluding hydrogens is 264 g/mol. The van der Waals surface area contributed by atoms with Crippen molar-refractivity contribution in [3.63, 3.8) is 0 Å². The van der Waals surface area contributed by atoms with Gasteiger partial charge in [0.15, 0.2) is 0 Å². The van der Waals surface area contributed by atoms with Gasteiger partial charge in [-0.2, -0.15) is 0 Å². The van der Waals surface area contributed by atoms with E-state index in [1.807, 2.05) is 0 Å². The van der Waals surface area contributed by atoms with Crippen LogP contribution in [0.15, 0.2) is 78.6 Å². The van der Waals surface area contributed by atoms with Crippen molar-refractivity contribution < 1.29 is 17.8 Å². The summed E-state index contributed by atoms with van der Waals surface area (Å²) >= 11 is 0. The summed E-state index contributed by atoms with van der Waals surface area (Å²) in [6.45, 7) is 5.04. The molecule has 0 aliphatic carbocycles. The highest BCUT2D eigenvalue weighted by Gasteiger charge is 2.16. The molecule has 0 aliphatic rings. The number of hydrogen-bond acceptors (Lipinski definition) is 0. The molecular formula is C22H22. The van der Waals surface area contributed by atoms with E-state index in [2.05, 4.69) is 0 Å². The Bertz CT molecular complexity index is 1250.